The van der Waals surface area contributed by atoms with Crippen LogP contribution in [-0.2, 0) is 9.53 Å². The number of halogens is 4. The average molecular weight is 355 g/mol. The summed E-state index contributed by atoms with van der Waals surface area (Å²) in [7, 11) is 0. The minimum absolute atomic E-state index is 0.0727. The lowest BCUT2D eigenvalue weighted by atomic mass is 9.82. The third-order valence-corrected chi connectivity index (χ3v) is 3.78. The fourth-order valence-corrected chi connectivity index (χ4v) is 2.79. The highest BCUT2D eigenvalue weighted by molar-refractivity contribution is 5.94. The van der Waals surface area contributed by atoms with E-state index in [1.165, 1.54) is 31.3 Å². The molecule has 0 amide bonds. The van der Waals surface area contributed by atoms with Crippen LogP contribution in [0.5, 0.6) is 0 Å². The molecule has 2 N–H and O–H groups in total. The fourth-order valence-electron chi connectivity index (χ4n) is 2.79. The van der Waals surface area contributed by atoms with Crippen molar-refractivity contribution in [3.8, 4) is 0 Å². The van der Waals surface area contributed by atoms with Crippen molar-refractivity contribution >= 4 is 11.8 Å². The zero-order valence-corrected chi connectivity index (χ0v) is 12.9. The van der Waals surface area contributed by atoms with Gasteiger partial charge in [-0.15, -0.1) is 0 Å². The van der Waals surface area contributed by atoms with E-state index in [2.05, 4.69) is 15.5 Å². The lowest BCUT2D eigenvalue weighted by Gasteiger charge is -2.29. The SMILES string of the molecule is CCOC(=O)C1=C(C(F)(F)F)Nc2n[nH]cc2C1c1ccccc1F. The van der Waals surface area contributed by atoms with E-state index in [1.807, 2.05) is 0 Å². The van der Waals surface area contributed by atoms with Gasteiger partial charge in [-0.05, 0) is 13.0 Å². The van der Waals surface area contributed by atoms with Gasteiger partial charge in [0.2, 0.25) is 0 Å². The number of anilines is 1. The van der Waals surface area contributed by atoms with Gasteiger partial charge < -0.3 is 10.1 Å². The topological polar surface area (TPSA) is 67.0 Å². The van der Waals surface area contributed by atoms with Gasteiger partial charge in [-0.25, -0.2) is 9.18 Å². The van der Waals surface area contributed by atoms with Crippen LogP contribution in [0.3, 0.4) is 0 Å². The van der Waals surface area contributed by atoms with Crippen molar-refractivity contribution in [2.75, 3.05) is 11.9 Å². The minimum atomic E-state index is -4.87. The molecule has 25 heavy (non-hydrogen) atoms. The smallest absolute Gasteiger partial charge is 0.431 e. The summed E-state index contributed by atoms with van der Waals surface area (Å²) < 4.78 is 59.7. The van der Waals surface area contributed by atoms with Gasteiger partial charge >= 0.3 is 12.1 Å². The Bertz CT molecular complexity index is 842. The van der Waals surface area contributed by atoms with Crippen LogP contribution in [0, 0.1) is 5.82 Å². The normalized spacial score (nSPS) is 17.1. The molecule has 132 valence electrons. The Labute approximate surface area is 139 Å². The highest BCUT2D eigenvalue weighted by Gasteiger charge is 2.46. The zero-order chi connectivity index (χ0) is 18.2. The second-order valence-corrected chi connectivity index (χ2v) is 5.28. The molecule has 3 rings (SSSR count). The molecule has 1 aromatic carbocycles. The third-order valence-electron chi connectivity index (χ3n) is 3.78. The predicted molar refractivity (Wildman–Crippen MR) is 80.2 cm³/mol. The Hall–Kier alpha value is -2.84. The predicted octanol–water partition coefficient (Wildman–Crippen LogP) is 3.49. The number of ether oxygens (including phenoxy) is 1. The summed E-state index contributed by atoms with van der Waals surface area (Å²) in [5.74, 6) is -3.31. The molecule has 1 aliphatic heterocycles. The number of carbonyl (C=O) groups excluding carboxylic acids is 1. The molecule has 0 spiro atoms. The fraction of sp³-hybridized carbons (Fsp3) is 0.250. The molecule has 0 aliphatic carbocycles. The Morgan fingerprint density at radius 3 is 2.64 bits per heavy atom. The van der Waals surface area contributed by atoms with E-state index < -0.39 is 35.2 Å². The number of H-pyrrole nitrogens is 1. The summed E-state index contributed by atoms with van der Waals surface area (Å²) in [5, 5.41) is 8.28. The molecule has 9 heteroatoms. The molecule has 0 fully saturated rings. The quantitative estimate of drug-likeness (QED) is 0.653. The van der Waals surface area contributed by atoms with Crippen molar-refractivity contribution in [1.29, 1.82) is 0 Å². The van der Waals surface area contributed by atoms with E-state index in [0.29, 0.717) is 0 Å². The molecule has 1 atom stereocenters. The molecule has 0 saturated heterocycles. The maximum Gasteiger partial charge on any atom is 0.431 e. The number of aromatic amines is 1. The van der Waals surface area contributed by atoms with Gasteiger partial charge in [0.25, 0.3) is 0 Å². The highest BCUT2D eigenvalue weighted by atomic mass is 19.4. The van der Waals surface area contributed by atoms with Crippen LogP contribution in [0.4, 0.5) is 23.4 Å². The van der Waals surface area contributed by atoms with Crippen molar-refractivity contribution in [1.82, 2.24) is 10.2 Å². The van der Waals surface area contributed by atoms with Crippen molar-refractivity contribution in [3.05, 3.63) is 58.7 Å². The van der Waals surface area contributed by atoms with Crippen LogP contribution in [0.2, 0.25) is 0 Å². The maximum absolute atomic E-state index is 14.3. The van der Waals surface area contributed by atoms with Crippen LogP contribution in [0.25, 0.3) is 0 Å². The van der Waals surface area contributed by atoms with Crippen molar-refractivity contribution in [2.45, 2.75) is 19.0 Å². The first-order valence-corrected chi connectivity index (χ1v) is 7.38. The summed E-state index contributed by atoms with van der Waals surface area (Å²) >= 11 is 0. The maximum atomic E-state index is 14.3. The van der Waals surface area contributed by atoms with Gasteiger partial charge in [0.15, 0.2) is 5.82 Å². The van der Waals surface area contributed by atoms with Gasteiger partial charge in [-0.3, -0.25) is 5.10 Å². The molecular formula is C16H13F4N3O2. The third kappa shape index (κ3) is 2.97. The second-order valence-electron chi connectivity index (χ2n) is 5.28. The number of fused-ring (bicyclic) bond motifs is 1. The number of aromatic nitrogens is 2. The van der Waals surface area contributed by atoms with Gasteiger partial charge in [-0.2, -0.15) is 18.3 Å². The van der Waals surface area contributed by atoms with E-state index in [-0.39, 0.29) is 23.6 Å². The van der Waals surface area contributed by atoms with Gasteiger partial charge in [-0.1, -0.05) is 18.2 Å². The van der Waals surface area contributed by atoms with E-state index in [9.17, 15) is 22.4 Å². The first kappa shape index (κ1) is 17.0. The summed E-state index contributed by atoms with van der Waals surface area (Å²) in [6.07, 6.45) is -3.55. The standard InChI is InChI=1S/C16H13F4N3O2/c1-2-25-15(24)12-11(8-5-3-4-6-10(8)17)9-7-21-23-14(9)22-13(12)16(18,19)20/h3-7,11H,2H2,1H3,(H2,21,22,23). The van der Waals surface area contributed by atoms with Crippen molar-refractivity contribution in [2.24, 2.45) is 0 Å². The summed E-state index contributed by atoms with van der Waals surface area (Å²) in [6, 6.07) is 5.34. The molecule has 1 unspecified atom stereocenters. The Morgan fingerprint density at radius 1 is 1.28 bits per heavy atom. The summed E-state index contributed by atoms with van der Waals surface area (Å²) in [5.41, 5.74) is -1.86. The molecule has 5 nitrogen and oxygen atoms in total. The first-order chi connectivity index (χ1) is 11.8. The zero-order valence-electron chi connectivity index (χ0n) is 12.9. The largest absolute Gasteiger partial charge is 0.463 e. The number of nitrogens with one attached hydrogen (secondary N) is 2. The number of benzene rings is 1. The molecule has 0 radical (unpaired) electrons. The Balaban J connectivity index is 2.28. The monoisotopic (exact) mass is 355 g/mol. The van der Waals surface area contributed by atoms with Crippen molar-refractivity contribution < 1.29 is 27.1 Å². The van der Waals surface area contributed by atoms with Gasteiger partial charge in [0, 0.05) is 17.3 Å². The lowest BCUT2D eigenvalue weighted by Crippen LogP contribution is -2.32. The Kier molecular flexibility index (Phi) is 4.23. The number of hydrogen-bond acceptors (Lipinski definition) is 4. The van der Waals surface area contributed by atoms with E-state index >= 15 is 0 Å². The molecule has 2 aromatic rings. The molecule has 0 saturated carbocycles. The minimum Gasteiger partial charge on any atom is -0.463 e. The van der Waals surface area contributed by atoms with Crippen LogP contribution in [-0.4, -0.2) is 28.9 Å². The average Bonchev–Trinajstić information content (AvgIpc) is 3.01. The number of nitrogens with zero attached hydrogens (tertiary/aromatic N) is 1. The van der Waals surface area contributed by atoms with Gasteiger partial charge in [0.1, 0.15) is 11.5 Å². The molecule has 2 heterocycles. The Morgan fingerprint density at radius 2 is 2.00 bits per heavy atom. The van der Waals surface area contributed by atoms with Crippen molar-refractivity contribution in [3.63, 3.8) is 0 Å². The second kappa shape index (κ2) is 6.23. The van der Waals surface area contributed by atoms with Gasteiger partial charge in [0.05, 0.1) is 18.1 Å². The summed E-state index contributed by atoms with van der Waals surface area (Å²) in [6.45, 7) is 1.36. The van der Waals surface area contributed by atoms with E-state index in [4.69, 9.17) is 4.74 Å². The van der Waals surface area contributed by atoms with Crippen LogP contribution >= 0.6 is 0 Å². The number of hydrogen-bond donors (Lipinski definition) is 2. The van der Waals surface area contributed by atoms with Crippen LogP contribution in [0.1, 0.15) is 24.0 Å². The lowest BCUT2D eigenvalue weighted by molar-refractivity contribution is -0.140. The van der Waals surface area contributed by atoms with Crippen LogP contribution in [0.15, 0.2) is 41.7 Å². The van der Waals surface area contributed by atoms with E-state index in [0.717, 1.165) is 6.07 Å². The van der Waals surface area contributed by atoms with Crippen LogP contribution < -0.4 is 5.32 Å². The number of allylic oxidation sites excluding steroid dienone is 1. The molecular weight excluding hydrogens is 342 g/mol. The number of alkyl halides is 3. The van der Waals surface area contributed by atoms with E-state index in [1.54, 1.807) is 0 Å². The number of carbonyl (C=O) groups is 1. The molecule has 1 aliphatic rings. The summed E-state index contributed by atoms with van der Waals surface area (Å²) in [4.78, 5) is 12.3. The number of rotatable bonds is 3. The molecule has 1 aromatic heterocycles. The molecule has 0 bridgehead atoms. The number of esters is 1. The first-order valence-electron chi connectivity index (χ1n) is 7.38. The highest BCUT2D eigenvalue weighted by Crippen LogP contribution is 2.45.